The predicted molar refractivity (Wildman–Crippen MR) is 86.4 cm³/mol. The summed E-state index contributed by atoms with van der Waals surface area (Å²) in [5, 5.41) is 4.98. The van der Waals surface area contributed by atoms with Crippen LogP contribution in [-0.4, -0.2) is 16.8 Å². The Morgan fingerprint density at radius 2 is 2.05 bits per heavy atom. The average molecular weight is 365 g/mol. The fraction of sp³-hybridized carbons (Fsp3) is 0.188. The number of nitrogens with zero attached hydrogens (tertiary/aromatic N) is 3. The van der Waals surface area contributed by atoms with Crippen molar-refractivity contribution in [1.82, 2.24) is 9.78 Å². The van der Waals surface area contributed by atoms with E-state index in [2.05, 4.69) is 27.1 Å². The van der Waals surface area contributed by atoms with Gasteiger partial charge in [0.1, 0.15) is 17.2 Å². The van der Waals surface area contributed by atoms with Gasteiger partial charge in [0.25, 0.3) is 0 Å². The second kappa shape index (κ2) is 5.68. The first-order chi connectivity index (χ1) is 10.5. The van der Waals surface area contributed by atoms with Gasteiger partial charge in [-0.25, -0.2) is 13.5 Å². The Hall–Kier alpha value is -1.95. The van der Waals surface area contributed by atoms with E-state index in [1.807, 2.05) is 13.0 Å². The van der Waals surface area contributed by atoms with Gasteiger partial charge in [-0.3, -0.25) is 0 Å². The SMILES string of the molecule is CCn1nc2c(F)cc(Br)cc2c1N(C)c1c[c]cc(F)c1. The van der Waals surface area contributed by atoms with Crippen LogP contribution in [0.1, 0.15) is 6.92 Å². The molecule has 0 aliphatic heterocycles. The largest absolute Gasteiger partial charge is 0.329 e. The molecule has 0 amide bonds. The van der Waals surface area contributed by atoms with Gasteiger partial charge in [0.05, 0.1) is 0 Å². The minimum atomic E-state index is -0.392. The van der Waals surface area contributed by atoms with Gasteiger partial charge in [-0.05, 0) is 43.3 Å². The van der Waals surface area contributed by atoms with E-state index in [4.69, 9.17) is 0 Å². The van der Waals surface area contributed by atoms with E-state index in [0.717, 1.165) is 0 Å². The van der Waals surface area contributed by atoms with Crippen molar-refractivity contribution in [2.75, 3.05) is 11.9 Å². The molecule has 1 heterocycles. The number of halogens is 3. The lowest BCUT2D eigenvalue weighted by Gasteiger charge is -2.20. The molecule has 1 aromatic heterocycles. The molecular formula is C16H13BrF2N3. The Balaban J connectivity index is 2.24. The Morgan fingerprint density at radius 1 is 1.27 bits per heavy atom. The van der Waals surface area contributed by atoms with Crippen molar-refractivity contribution in [2.24, 2.45) is 0 Å². The van der Waals surface area contributed by atoms with Crippen molar-refractivity contribution in [1.29, 1.82) is 0 Å². The molecule has 0 aliphatic carbocycles. The summed E-state index contributed by atoms with van der Waals surface area (Å²) in [4.78, 5) is 1.78. The van der Waals surface area contributed by atoms with E-state index in [1.54, 1.807) is 22.7 Å². The van der Waals surface area contributed by atoms with E-state index in [0.29, 0.717) is 33.4 Å². The third kappa shape index (κ3) is 2.47. The van der Waals surface area contributed by atoms with Crippen molar-refractivity contribution in [3.05, 3.63) is 52.5 Å². The molecule has 0 saturated heterocycles. The molecule has 0 unspecified atom stereocenters. The Labute approximate surface area is 135 Å². The first kappa shape index (κ1) is 15.0. The van der Waals surface area contributed by atoms with Gasteiger partial charge in [-0.15, -0.1) is 0 Å². The van der Waals surface area contributed by atoms with E-state index in [9.17, 15) is 8.78 Å². The maximum Gasteiger partial charge on any atom is 0.152 e. The number of rotatable bonds is 3. The number of fused-ring (bicyclic) bond motifs is 1. The molecule has 0 saturated carbocycles. The summed E-state index contributed by atoms with van der Waals surface area (Å²) in [6, 6.07) is 10.3. The van der Waals surface area contributed by atoms with Crippen LogP contribution in [0.2, 0.25) is 0 Å². The molecule has 3 rings (SSSR count). The van der Waals surface area contributed by atoms with Crippen LogP contribution in [0.15, 0.2) is 34.8 Å². The zero-order valence-corrected chi connectivity index (χ0v) is 13.7. The second-order valence-electron chi connectivity index (χ2n) is 4.89. The summed E-state index contributed by atoms with van der Waals surface area (Å²) in [6.07, 6.45) is 0. The normalized spacial score (nSPS) is 11.1. The lowest BCUT2D eigenvalue weighted by Crippen LogP contribution is -2.15. The predicted octanol–water partition coefficient (Wildman–Crippen LogP) is 4.66. The highest BCUT2D eigenvalue weighted by atomic mass is 79.9. The minimum Gasteiger partial charge on any atom is -0.329 e. The van der Waals surface area contributed by atoms with Gasteiger partial charge >= 0.3 is 0 Å². The summed E-state index contributed by atoms with van der Waals surface area (Å²) in [5.74, 6) is -0.0580. The van der Waals surface area contributed by atoms with Gasteiger partial charge in [-0.2, -0.15) is 5.10 Å². The number of aromatic nitrogens is 2. The number of hydrogen-bond donors (Lipinski definition) is 0. The Morgan fingerprint density at radius 3 is 2.73 bits per heavy atom. The van der Waals surface area contributed by atoms with Gasteiger partial charge in [0, 0.05) is 29.1 Å². The maximum atomic E-state index is 14.1. The first-order valence-corrected chi connectivity index (χ1v) is 7.56. The summed E-state index contributed by atoms with van der Waals surface area (Å²) >= 11 is 3.30. The molecule has 0 aliphatic rings. The fourth-order valence-corrected chi connectivity index (χ4v) is 2.90. The third-order valence-corrected chi connectivity index (χ3v) is 3.93. The van der Waals surface area contributed by atoms with E-state index >= 15 is 0 Å². The van der Waals surface area contributed by atoms with E-state index < -0.39 is 5.82 Å². The molecule has 3 nitrogen and oxygen atoms in total. The zero-order chi connectivity index (χ0) is 15.9. The van der Waals surface area contributed by atoms with E-state index in [-0.39, 0.29) is 5.82 Å². The highest BCUT2D eigenvalue weighted by molar-refractivity contribution is 9.10. The summed E-state index contributed by atoms with van der Waals surface area (Å²) in [6.45, 7) is 2.50. The maximum absolute atomic E-state index is 14.1. The van der Waals surface area contributed by atoms with Crippen molar-refractivity contribution in [3.63, 3.8) is 0 Å². The molecule has 0 bridgehead atoms. The average Bonchev–Trinajstić information content (AvgIpc) is 2.85. The first-order valence-electron chi connectivity index (χ1n) is 6.77. The topological polar surface area (TPSA) is 21.1 Å². The monoisotopic (exact) mass is 364 g/mol. The zero-order valence-electron chi connectivity index (χ0n) is 12.1. The molecule has 6 heteroatoms. The molecular weight excluding hydrogens is 352 g/mol. The van der Waals surface area contributed by atoms with Crippen LogP contribution in [0.5, 0.6) is 0 Å². The number of aryl methyl sites for hydroxylation is 1. The van der Waals surface area contributed by atoms with Crippen LogP contribution in [0.3, 0.4) is 0 Å². The van der Waals surface area contributed by atoms with Gasteiger partial charge in [0.15, 0.2) is 5.82 Å². The molecule has 22 heavy (non-hydrogen) atoms. The van der Waals surface area contributed by atoms with Crippen LogP contribution in [-0.2, 0) is 6.54 Å². The summed E-state index contributed by atoms with van der Waals surface area (Å²) in [5.41, 5.74) is 0.921. The Bertz CT molecular complexity index is 845. The summed E-state index contributed by atoms with van der Waals surface area (Å²) in [7, 11) is 1.80. The van der Waals surface area contributed by atoms with E-state index in [1.165, 1.54) is 18.2 Å². The summed E-state index contributed by atoms with van der Waals surface area (Å²) < 4.78 is 29.9. The highest BCUT2D eigenvalue weighted by Crippen LogP contribution is 2.34. The van der Waals surface area contributed by atoms with Gasteiger partial charge in [0.2, 0.25) is 0 Å². The van der Waals surface area contributed by atoms with Crippen LogP contribution < -0.4 is 4.90 Å². The van der Waals surface area contributed by atoms with Crippen molar-refractivity contribution < 1.29 is 8.78 Å². The molecule has 113 valence electrons. The van der Waals surface area contributed by atoms with Gasteiger partial charge in [-0.1, -0.05) is 15.9 Å². The number of hydrogen-bond acceptors (Lipinski definition) is 2. The third-order valence-electron chi connectivity index (χ3n) is 3.48. The fourth-order valence-electron chi connectivity index (χ4n) is 2.47. The van der Waals surface area contributed by atoms with Crippen molar-refractivity contribution in [3.8, 4) is 0 Å². The smallest absolute Gasteiger partial charge is 0.152 e. The lowest BCUT2D eigenvalue weighted by atomic mass is 10.2. The molecule has 0 N–H and O–H groups in total. The molecule has 2 aromatic carbocycles. The van der Waals surface area contributed by atoms with Crippen LogP contribution in [0, 0.1) is 17.7 Å². The van der Waals surface area contributed by atoms with Crippen molar-refractivity contribution >= 4 is 38.3 Å². The van der Waals surface area contributed by atoms with Crippen LogP contribution >= 0.6 is 15.9 Å². The van der Waals surface area contributed by atoms with Crippen LogP contribution in [0.25, 0.3) is 10.9 Å². The molecule has 0 fully saturated rings. The standard InChI is InChI=1S/C16H13BrF2N3/c1-3-22-16(21(2)12-6-4-5-11(18)9-12)13-7-10(17)8-14(19)15(13)20-22/h5-9H,3H2,1-2H3. The molecule has 0 spiro atoms. The highest BCUT2D eigenvalue weighted by Gasteiger charge is 2.19. The molecule has 0 atom stereocenters. The van der Waals surface area contributed by atoms with Gasteiger partial charge < -0.3 is 4.90 Å². The lowest BCUT2D eigenvalue weighted by molar-refractivity contribution is 0.621. The quantitative estimate of drug-likeness (QED) is 0.673. The number of anilines is 2. The van der Waals surface area contributed by atoms with Crippen molar-refractivity contribution in [2.45, 2.75) is 13.5 Å². The second-order valence-corrected chi connectivity index (χ2v) is 5.81. The number of benzene rings is 2. The Kier molecular flexibility index (Phi) is 3.87. The molecule has 3 aromatic rings. The minimum absolute atomic E-state index is 0.298. The molecule has 1 radical (unpaired) electrons. The van der Waals surface area contributed by atoms with Crippen LogP contribution in [0.4, 0.5) is 20.3 Å².